The van der Waals surface area contributed by atoms with Crippen molar-refractivity contribution in [3.05, 3.63) is 119 Å². The summed E-state index contributed by atoms with van der Waals surface area (Å²) in [4.78, 5) is 23.4. The fourth-order valence-corrected chi connectivity index (χ4v) is 6.26. The van der Waals surface area contributed by atoms with Crippen LogP contribution in [0.2, 0.25) is 0 Å². The van der Waals surface area contributed by atoms with Gasteiger partial charge in [-0.3, -0.25) is 4.98 Å². The molecule has 7 rings (SSSR count). The summed E-state index contributed by atoms with van der Waals surface area (Å²) in [7, 11) is 0. The zero-order chi connectivity index (χ0) is 35.9. The van der Waals surface area contributed by atoms with Gasteiger partial charge in [0, 0.05) is 40.1 Å². The van der Waals surface area contributed by atoms with E-state index in [0.29, 0.717) is 51.2 Å². The Kier molecular flexibility index (Phi) is 9.03. The fourth-order valence-electron chi connectivity index (χ4n) is 6.26. The van der Waals surface area contributed by atoms with Crippen LogP contribution in [0.5, 0.6) is 11.5 Å². The van der Waals surface area contributed by atoms with Gasteiger partial charge in [-0.1, -0.05) is 36.4 Å². The number of rotatable bonds is 4. The second kappa shape index (κ2) is 13.6. The highest BCUT2D eigenvalue weighted by atomic mass is 19.1. The fraction of sp³-hybridized carbons (Fsp3) is 0.268. The Morgan fingerprint density at radius 2 is 1.59 bits per heavy atom. The van der Waals surface area contributed by atoms with E-state index in [1.165, 1.54) is 12.1 Å². The minimum Gasteiger partial charge on any atom is -0.487 e. The molecule has 0 saturated heterocycles. The van der Waals surface area contributed by atoms with E-state index in [4.69, 9.17) is 34.0 Å². The van der Waals surface area contributed by atoms with E-state index in [-0.39, 0.29) is 19.8 Å². The lowest BCUT2D eigenvalue weighted by Gasteiger charge is -2.28. The molecule has 0 N–H and O–H groups in total. The normalized spacial score (nSPS) is 13.3. The third-order valence-corrected chi connectivity index (χ3v) is 8.55. The van der Waals surface area contributed by atoms with Crippen LogP contribution < -0.4 is 9.47 Å². The molecular formula is C41H39FN4O5. The van der Waals surface area contributed by atoms with Crippen LogP contribution in [-0.2, 0) is 27.5 Å². The van der Waals surface area contributed by atoms with Crippen molar-refractivity contribution in [2.45, 2.75) is 66.5 Å². The van der Waals surface area contributed by atoms with E-state index < -0.39 is 23.5 Å². The van der Waals surface area contributed by atoms with E-state index >= 15 is 0 Å². The number of aromatic nitrogens is 4. The van der Waals surface area contributed by atoms with Crippen molar-refractivity contribution in [2.24, 2.45) is 0 Å². The summed E-state index contributed by atoms with van der Waals surface area (Å²) in [6.07, 6.45) is -1.09. The second-order valence-electron chi connectivity index (χ2n) is 13.5. The molecule has 3 aromatic carbocycles. The smallest absolute Gasteiger partial charge is 0.340 e. The van der Waals surface area contributed by atoms with Gasteiger partial charge in [0.05, 0.1) is 35.0 Å². The number of esters is 1. The average Bonchev–Trinajstić information content (AvgIpc) is 3.52. The van der Waals surface area contributed by atoms with E-state index in [1.54, 1.807) is 17.5 Å². The van der Waals surface area contributed by atoms with Crippen LogP contribution in [0.25, 0.3) is 39.3 Å². The van der Waals surface area contributed by atoms with Crippen molar-refractivity contribution in [1.29, 1.82) is 0 Å². The molecule has 4 heterocycles. The number of hydrogen-bond acceptors (Lipinski definition) is 8. The Morgan fingerprint density at radius 3 is 2.33 bits per heavy atom. The third kappa shape index (κ3) is 7.05. The van der Waals surface area contributed by atoms with Crippen LogP contribution in [0.3, 0.4) is 0 Å². The van der Waals surface area contributed by atoms with Gasteiger partial charge in [0.2, 0.25) is 0 Å². The molecule has 0 radical (unpaired) electrons. The minimum absolute atomic E-state index is 0.138. The van der Waals surface area contributed by atoms with Gasteiger partial charge in [-0.15, -0.1) is 0 Å². The first-order valence-electron chi connectivity index (χ1n) is 16.9. The molecule has 9 nitrogen and oxygen atoms in total. The third-order valence-electron chi connectivity index (χ3n) is 8.55. The van der Waals surface area contributed by atoms with Crippen molar-refractivity contribution < 1.29 is 28.1 Å². The van der Waals surface area contributed by atoms with Crippen molar-refractivity contribution >= 4 is 11.6 Å². The van der Waals surface area contributed by atoms with Gasteiger partial charge in [-0.05, 0) is 89.1 Å². The number of carbonyl (C=O) groups is 1. The van der Waals surface area contributed by atoms with Gasteiger partial charge < -0.3 is 18.9 Å². The Bertz CT molecular complexity index is 2280. The predicted octanol–water partition coefficient (Wildman–Crippen LogP) is 8.77. The highest BCUT2D eigenvalue weighted by Crippen LogP contribution is 2.39. The van der Waals surface area contributed by atoms with E-state index in [0.717, 1.165) is 27.8 Å². The predicted molar refractivity (Wildman–Crippen MR) is 192 cm³/mol. The Morgan fingerprint density at radius 1 is 0.863 bits per heavy atom. The summed E-state index contributed by atoms with van der Waals surface area (Å²) in [6, 6.07) is 25.8. The number of nitrogens with zero attached hydrogens (tertiary/aromatic N) is 4. The molecule has 51 heavy (non-hydrogen) atoms. The van der Waals surface area contributed by atoms with Crippen LogP contribution in [0.4, 0.5) is 4.39 Å². The van der Waals surface area contributed by atoms with E-state index in [2.05, 4.69) is 0 Å². The Balaban J connectivity index is 1.50. The summed E-state index contributed by atoms with van der Waals surface area (Å²) < 4.78 is 40.9. The lowest BCUT2D eigenvalue weighted by atomic mass is 9.97. The summed E-state index contributed by atoms with van der Waals surface area (Å²) in [5.74, 6) is 0.104. The molecule has 1 atom stereocenters. The largest absolute Gasteiger partial charge is 0.487 e. The van der Waals surface area contributed by atoms with Crippen molar-refractivity contribution in [3.63, 3.8) is 0 Å². The van der Waals surface area contributed by atoms with Crippen molar-refractivity contribution in [2.75, 3.05) is 6.61 Å². The molecule has 1 unspecified atom stereocenters. The summed E-state index contributed by atoms with van der Waals surface area (Å²) in [5, 5.41) is 5.10. The topological polar surface area (TPSA) is 97.1 Å². The first kappa shape index (κ1) is 33.9. The molecule has 8 bridgehead atoms. The van der Waals surface area contributed by atoms with Gasteiger partial charge in [0.15, 0.2) is 11.8 Å². The Labute approximate surface area is 296 Å². The second-order valence-corrected chi connectivity index (χ2v) is 13.5. The zero-order valence-corrected chi connectivity index (χ0v) is 29.5. The van der Waals surface area contributed by atoms with Crippen molar-refractivity contribution in [3.8, 4) is 45.1 Å². The number of hydrogen-bond donors (Lipinski definition) is 0. The molecule has 3 aromatic heterocycles. The van der Waals surface area contributed by atoms with E-state index in [1.807, 2.05) is 101 Å². The highest BCUT2D eigenvalue weighted by molar-refractivity contribution is 5.83. The van der Waals surface area contributed by atoms with Crippen LogP contribution in [-0.4, -0.2) is 37.8 Å². The van der Waals surface area contributed by atoms with Crippen LogP contribution in [0.1, 0.15) is 62.0 Å². The maximum absolute atomic E-state index is 14.6. The average molecular weight is 687 g/mol. The number of fused-ring (bicyclic) bond motifs is 11. The van der Waals surface area contributed by atoms with Gasteiger partial charge in [-0.2, -0.15) is 5.10 Å². The number of aryl methyl sites for hydroxylation is 2. The van der Waals surface area contributed by atoms with E-state index in [9.17, 15) is 9.18 Å². The Hall–Kier alpha value is -5.61. The standard InChI is InChI=1S/C41H39FN4O5/c1-7-48-40(47)39(51-41(4,5)6)37-25(3)43-36-21-33-27-11-8-10-26(18-27)32-17-16-29(42)20-35(32)50-23-31-13-9-12-30(44-31)22-49-34-19-28(15-14-24(34)2)38(37)46(36)45-33/h8-21,39H,7,22-23H2,1-6H3. The molecule has 0 spiro atoms. The molecule has 0 fully saturated rings. The molecule has 10 heteroatoms. The monoisotopic (exact) mass is 686 g/mol. The summed E-state index contributed by atoms with van der Waals surface area (Å²) >= 11 is 0. The molecule has 260 valence electrons. The van der Waals surface area contributed by atoms with Crippen LogP contribution >= 0.6 is 0 Å². The number of carbonyl (C=O) groups excluding carboxylic acids is 1. The SMILES string of the molecule is CCOC(=O)C(OC(C)(C)C)c1c(C)nc2cc3nn2c1-c1ccc(C)c(c1)OCc1cccc(n1)COc1cc(F)ccc1-c1cccc-3c1. The first-order chi connectivity index (χ1) is 24.5. The van der Waals surface area contributed by atoms with Crippen LogP contribution in [0.15, 0.2) is 84.9 Å². The van der Waals surface area contributed by atoms with Gasteiger partial charge in [0.25, 0.3) is 0 Å². The van der Waals surface area contributed by atoms with Crippen molar-refractivity contribution in [1.82, 2.24) is 19.6 Å². The zero-order valence-electron chi connectivity index (χ0n) is 29.5. The molecule has 6 aromatic rings. The minimum atomic E-state index is -1.09. The molecule has 1 aliphatic heterocycles. The molecular weight excluding hydrogens is 647 g/mol. The lowest BCUT2D eigenvalue weighted by molar-refractivity contribution is -0.166. The lowest BCUT2D eigenvalue weighted by Crippen LogP contribution is -2.30. The van der Waals surface area contributed by atoms with Gasteiger partial charge in [-0.25, -0.2) is 18.7 Å². The summed E-state index contributed by atoms with van der Waals surface area (Å²) in [6.45, 7) is 11.8. The molecule has 0 aliphatic carbocycles. The number of pyridine rings is 1. The van der Waals surface area contributed by atoms with Gasteiger partial charge in [0.1, 0.15) is 30.5 Å². The summed E-state index contributed by atoms with van der Waals surface area (Å²) in [5.41, 5.74) is 7.70. The maximum atomic E-state index is 14.6. The number of benzene rings is 3. The first-order valence-corrected chi connectivity index (χ1v) is 16.9. The molecule has 0 saturated carbocycles. The highest BCUT2D eigenvalue weighted by Gasteiger charge is 2.34. The number of halogens is 1. The maximum Gasteiger partial charge on any atom is 0.340 e. The number of ether oxygens (including phenoxy) is 4. The van der Waals surface area contributed by atoms with Gasteiger partial charge >= 0.3 is 5.97 Å². The van der Waals surface area contributed by atoms with Crippen LogP contribution in [0, 0.1) is 19.7 Å². The quantitative estimate of drug-likeness (QED) is 0.170. The molecule has 0 amide bonds. The molecule has 1 aliphatic rings.